The van der Waals surface area contributed by atoms with Crippen LogP contribution >= 0.6 is 11.6 Å². The lowest BCUT2D eigenvalue weighted by molar-refractivity contribution is 0.286. The first-order chi connectivity index (χ1) is 9.24. The van der Waals surface area contributed by atoms with Crippen LogP contribution in [0.2, 0.25) is 5.15 Å². The largest absolute Gasteiger partial charge is 0.396 e. The topological polar surface area (TPSA) is 50.1 Å². The van der Waals surface area contributed by atoms with E-state index in [4.69, 9.17) is 16.7 Å². The minimum Gasteiger partial charge on any atom is -0.396 e. The number of hydrogen-bond acceptors (Lipinski definition) is 3. The van der Waals surface area contributed by atoms with Gasteiger partial charge in [-0.2, -0.15) is 5.10 Å². The number of aryl methyl sites for hydroxylation is 1. The van der Waals surface area contributed by atoms with Gasteiger partial charge in [0.05, 0.1) is 5.69 Å². The molecule has 0 aliphatic heterocycles. The zero-order valence-corrected chi connectivity index (χ0v) is 11.7. The van der Waals surface area contributed by atoms with Gasteiger partial charge in [-0.15, -0.1) is 0 Å². The Morgan fingerprint density at radius 2 is 2.05 bits per heavy atom. The third kappa shape index (κ3) is 3.35. The lowest BCUT2D eigenvalue weighted by atomic mass is 10.1. The Balaban J connectivity index is 2.21. The molecule has 0 unspecified atom stereocenters. The highest BCUT2D eigenvalue weighted by atomic mass is 35.5. The summed E-state index contributed by atoms with van der Waals surface area (Å²) < 4.78 is 1.69. The first kappa shape index (κ1) is 14.1. The van der Waals surface area contributed by atoms with Crippen molar-refractivity contribution < 1.29 is 5.11 Å². The van der Waals surface area contributed by atoms with Crippen LogP contribution in [0.1, 0.15) is 12.0 Å². The molecule has 2 N–H and O–H groups in total. The van der Waals surface area contributed by atoms with Crippen molar-refractivity contribution in [3.05, 3.63) is 41.0 Å². The lowest BCUT2D eigenvalue weighted by Crippen LogP contribution is -2.16. The minimum absolute atomic E-state index is 0.194. The second-order valence-electron chi connectivity index (χ2n) is 4.36. The first-order valence-corrected chi connectivity index (χ1v) is 6.70. The van der Waals surface area contributed by atoms with Gasteiger partial charge in [0.2, 0.25) is 0 Å². The predicted octanol–water partition coefficient (Wildman–Crippen LogP) is 2.21. The molecule has 0 aliphatic carbocycles. The van der Waals surface area contributed by atoms with Crippen molar-refractivity contribution in [2.24, 2.45) is 7.05 Å². The second-order valence-corrected chi connectivity index (χ2v) is 4.72. The van der Waals surface area contributed by atoms with E-state index in [1.54, 1.807) is 4.68 Å². The summed E-state index contributed by atoms with van der Waals surface area (Å²) >= 11 is 6.29. The molecule has 0 spiro atoms. The Kier molecular flexibility index (Phi) is 4.96. The highest BCUT2D eigenvalue weighted by molar-refractivity contribution is 6.30. The van der Waals surface area contributed by atoms with Gasteiger partial charge in [0, 0.05) is 31.3 Å². The number of aliphatic hydroxyl groups is 1. The molecule has 102 valence electrons. The molecule has 1 aromatic carbocycles. The molecule has 0 radical (unpaired) electrons. The summed E-state index contributed by atoms with van der Waals surface area (Å²) in [7, 11) is 1.84. The highest BCUT2D eigenvalue weighted by Crippen LogP contribution is 2.27. The summed E-state index contributed by atoms with van der Waals surface area (Å²) in [6.07, 6.45) is 0.735. The quantitative estimate of drug-likeness (QED) is 0.797. The van der Waals surface area contributed by atoms with Gasteiger partial charge in [-0.3, -0.25) is 4.68 Å². The zero-order chi connectivity index (χ0) is 13.7. The fourth-order valence-corrected chi connectivity index (χ4v) is 2.14. The molecule has 0 bridgehead atoms. The van der Waals surface area contributed by atoms with E-state index < -0.39 is 0 Å². The Labute approximate surface area is 118 Å². The van der Waals surface area contributed by atoms with Crippen LogP contribution in [0.15, 0.2) is 30.3 Å². The molecule has 1 heterocycles. The zero-order valence-electron chi connectivity index (χ0n) is 10.9. The van der Waals surface area contributed by atoms with Gasteiger partial charge >= 0.3 is 0 Å². The van der Waals surface area contributed by atoms with Crippen molar-refractivity contribution in [3.8, 4) is 11.3 Å². The van der Waals surface area contributed by atoms with E-state index in [0.29, 0.717) is 11.7 Å². The molecule has 0 aliphatic rings. The average molecular weight is 280 g/mol. The van der Waals surface area contributed by atoms with Crippen LogP contribution < -0.4 is 5.32 Å². The van der Waals surface area contributed by atoms with Crippen molar-refractivity contribution in [1.82, 2.24) is 15.1 Å². The SMILES string of the molecule is Cn1nc(-c2ccccc2)c(CNCCCO)c1Cl. The molecule has 5 heteroatoms. The molecule has 2 aromatic rings. The van der Waals surface area contributed by atoms with Crippen molar-refractivity contribution in [2.45, 2.75) is 13.0 Å². The number of nitrogens with zero attached hydrogens (tertiary/aromatic N) is 2. The number of benzene rings is 1. The Morgan fingerprint density at radius 1 is 1.32 bits per heavy atom. The molecule has 1 aromatic heterocycles. The number of nitrogens with one attached hydrogen (secondary N) is 1. The van der Waals surface area contributed by atoms with Crippen molar-refractivity contribution in [1.29, 1.82) is 0 Å². The molecule has 0 atom stereocenters. The Morgan fingerprint density at radius 3 is 2.74 bits per heavy atom. The minimum atomic E-state index is 0.194. The number of aromatic nitrogens is 2. The molecular formula is C14H18ClN3O. The first-order valence-electron chi connectivity index (χ1n) is 6.32. The molecule has 0 saturated heterocycles. The van der Waals surface area contributed by atoms with Gasteiger partial charge in [0.1, 0.15) is 5.15 Å². The van der Waals surface area contributed by atoms with E-state index in [0.717, 1.165) is 29.8 Å². The number of rotatable bonds is 6. The van der Waals surface area contributed by atoms with E-state index in [1.807, 2.05) is 37.4 Å². The van der Waals surface area contributed by atoms with Gasteiger partial charge in [-0.05, 0) is 13.0 Å². The maximum atomic E-state index is 8.77. The summed E-state index contributed by atoms with van der Waals surface area (Å²) in [5.74, 6) is 0. The van der Waals surface area contributed by atoms with Gasteiger partial charge in [-0.25, -0.2) is 0 Å². The van der Waals surface area contributed by atoms with E-state index >= 15 is 0 Å². The smallest absolute Gasteiger partial charge is 0.131 e. The monoisotopic (exact) mass is 279 g/mol. The Bertz CT molecular complexity index is 525. The number of halogens is 1. The van der Waals surface area contributed by atoms with Crippen LogP contribution in [0.4, 0.5) is 0 Å². The molecular weight excluding hydrogens is 262 g/mol. The maximum absolute atomic E-state index is 8.77. The molecule has 4 nitrogen and oxygen atoms in total. The molecule has 19 heavy (non-hydrogen) atoms. The summed E-state index contributed by atoms with van der Waals surface area (Å²) in [6, 6.07) is 10.0. The predicted molar refractivity (Wildman–Crippen MR) is 77.1 cm³/mol. The van der Waals surface area contributed by atoms with Crippen molar-refractivity contribution in [3.63, 3.8) is 0 Å². The lowest BCUT2D eigenvalue weighted by Gasteiger charge is -2.05. The van der Waals surface area contributed by atoms with Gasteiger partial charge in [0.25, 0.3) is 0 Å². The van der Waals surface area contributed by atoms with E-state index in [2.05, 4.69) is 10.4 Å². The Hall–Kier alpha value is -1.36. The van der Waals surface area contributed by atoms with Gasteiger partial charge in [0.15, 0.2) is 0 Å². The number of hydrogen-bond donors (Lipinski definition) is 2. The summed E-state index contributed by atoms with van der Waals surface area (Å²) in [5.41, 5.74) is 2.96. The molecule has 0 fully saturated rings. The third-order valence-corrected chi connectivity index (χ3v) is 3.40. The molecule has 0 amide bonds. The fraction of sp³-hybridized carbons (Fsp3) is 0.357. The summed E-state index contributed by atoms with van der Waals surface area (Å²) in [5, 5.41) is 17.2. The molecule has 0 saturated carbocycles. The summed E-state index contributed by atoms with van der Waals surface area (Å²) in [6.45, 7) is 1.60. The second kappa shape index (κ2) is 6.70. The van der Waals surface area contributed by atoms with Crippen LogP contribution in [0, 0.1) is 0 Å². The van der Waals surface area contributed by atoms with Crippen molar-refractivity contribution in [2.75, 3.05) is 13.2 Å². The average Bonchev–Trinajstić information content (AvgIpc) is 2.72. The van der Waals surface area contributed by atoms with E-state index in [9.17, 15) is 0 Å². The van der Waals surface area contributed by atoms with Crippen LogP contribution in [0.5, 0.6) is 0 Å². The van der Waals surface area contributed by atoms with Crippen LogP contribution in [-0.4, -0.2) is 28.0 Å². The summed E-state index contributed by atoms with van der Waals surface area (Å²) in [4.78, 5) is 0. The third-order valence-electron chi connectivity index (χ3n) is 2.93. The normalized spacial score (nSPS) is 10.9. The van der Waals surface area contributed by atoms with Crippen LogP contribution in [0.3, 0.4) is 0 Å². The van der Waals surface area contributed by atoms with Crippen LogP contribution in [-0.2, 0) is 13.6 Å². The van der Waals surface area contributed by atoms with Gasteiger partial charge in [-0.1, -0.05) is 41.9 Å². The van der Waals surface area contributed by atoms with Gasteiger partial charge < -0.3 is 10.4 Å². The standard InChI is InChI=1S/C14H18ClN3O/c1-18-14(15)12(10-16-8-5-9-19)13(17-18)11-6-3-2-4-7-11/h2-4,6-7,16,19H,5,8-10H2,1H3. The maximum Gasteiger partial charge on any atom is 0.131 e. The highest BCUT2D eigenvalue weighted by Gasteiger charge is 2.15. The van der Waals surface area contributed by atoms with Crippen molar-refractivity contribution >= 4 is 11.6 Å². The van der Waals surface area contributed by atoms with E-state index in [-0.39, 0.29) is 6.61 Å². The molecule has 2 rings (SSSR count). The fourth-order valence-electron chi connectivity index (χ4n) is 1.95. The van der Waals surface area contributed by atoms with E-state index in [1.165, 1.54) is 0 Å². The van der Waals surface area contributed by atoms with Crippen LogP contribution in [0.25, 0.3) is 11.3 Å². The number of aliphatic hydroxyl groups excluding tert-OH is 1.